The van der Waals surface area contributed by atoms with E-state index in [0.717, 1.165) is 16.1 Å². The third kappa shape index (κ3) is 3.83. The van der Waals surface area contributed by atoms with Gasteiger partial charge in [0.25, 0.3) is 0 Å². The number of nitrogens with zero attached hydrogens (tertiary/aromatic N) is 1. The Morgan fingerprint density at radius 2 is 2.21 bits per heavy atom. The molecule has 0 fully saturated rings. The molecule has 0 aliphatic heterocycles. The third-order valence-corrected chi connectivity index (χ3v) is 4.34. The second-order valence-corrected chi connectivity index (χ2v) is 6.13. The molecular weight excluding hydrogens is 326 g/mol. The summed E-state index contributed by atoms with van der Waals surface area (Å²) in [6, 6.07) is 9.38. The van der Waals surface area contributed by atoms with Crippen LogP contribution in [0.5, 0.6) is 5.75 Å². The minimum atomic E-state index is -0.313. The number of methoxy groups -OCH3 is 1. The first-order chi connectivity index (χ1) is 11.7. The van der Waals surface area contributed by atoms with Crippen LogP contribution in [0.3, 0.4) is 0 Å². The lowest BCUT2D eigenvalue weighted by Crippen LogP contribution is -2.09. The molecule has 0 bridgehead atoms. The predicted octanol–water partition coefficient (Wildman–Crippen LogP) is 4.01. The quantitative estimate of drug-likeness (QED) is 0.633. The van der Waals surface area contributed by atoms with Gasteiger partial charge >= 0.3 is 5.97 Å². The molecule has 0 amide bonds. The number of carbonyl (C=O) groups excluding carboxylic acids is 1. The van der Waals surface area contributed by atoms with Crippen LogP contribution in [-0.4, -0.2) is 18.1 Å². The number of benzene rings is 1. The largest absolute Gasteiger partial charge is 0.496 e. The summed E-state index contributed by atoms with van der Waals surface area (Å²) in [6.07, 6.45) is 1.77. The fraction of sp³-hybridized carbons (Fsp3) is 0.222. The van der Waals surface area contributed by atoms with Crippen molar-refractivity contribution in [2.45, 2.75) is 20.0 Å². The normalized spacial score (nSPS) is 10.6. The van der Waals surface area contributed by atoms with E-state index < -0.39 is 0 Å². The van der Waals surface area contributed by atoms with Gasteiger partial charge < -0.3 is 13.9 Å². The van der Waals surface area contributed by atoms with E-state index >= 15 is 0 Å². The Balaban J connectivity index is 1.59. The minimum Gasteiger partial charge on any atom is -0.496 e. The van der Waals surface area contributed by atoms with E-state index in [9.17, 15) is 4.79 Å². The Labute approximate surface area is 143 Å². The lowest BCUT2D eigenvalue weighted by Gasteiger charge is -2.09. The number of rotatable bonds is 6. The van der Waals surface area contributed by atoms with Gasteiger partial charge in [0, 0.05) is 10.9 Å². The molecule has 0 atom stereocenters. The summed E-state index contributed by atoms with van der Waals surface area (Å²) in [4.78, 5) is 16.5. The van der Waals surface area contributed by atoms with Gasteiger partial charge in [-0.05, 0) is 25.1 Å². The smallest absolute Gasteiger partial charge is 0.310 e. The number of hydrogen-bond acceptors (Lipinski definition) is 6. The van der Waals surface area contributed by atoms with Crippen molar-refractivity contribution in [1.29, 1.82) is 0 Å². The molecule has 0 saturated carbocycles. The van der Waals surface area contributed by atoms with Crippen molar-refractivity contribution >= 4 is 17.3 Å². The molecule has 3 aromatic rings. The van der Waals surface area contributed by atoms with Gasteiger partial charge in [-0.1, -0.05) is 17.7 Å². The van der Waals surface area contributed by atoms with Crippen LogP contribution in [0.1, 0.15) is 16.8 Å². The topological polar surface area (TPSA) is 61.6 Å². The maximum absolute atomic E-state index is 12.1. The van der Waals surface area contributed by atoms with E-state index in [-0.39, 0.29) is 19.0 Å². The molecule has 0 radical (unpaired) electrons. The van der Waals surface area contributed by atoms with Crippen LogP contribution in [0.4, 0.5) is 0 Å². The molecule has 0 saturated heterocycles. The van der Waals surface area contributed by atoms with E-state index in [1.807, 2.05) is 42.6 Å². The molecule has 0 aliphatic rings. The SMILES string of the molecule is COc1ccc(C)cc1CC(=O)OCc1csc(-c2ccco2)n1. The van der Waals surface area contributed by atoms with Crippen molar-refractivity contribution in [3.05, 3.63) is 58.8 Å². The molecule has 0 aliphatic carbocycles. The highest BCUT2D eigenvalue weighted by molar-refractivity contribution is 7.13. The molecule has 2 aromatic heterocycles. The van der Waals surface area contributed by atoms with Gasteiger partial charge in [-0.15, -0.1) is 11.3 Å². The van der Waals surface area contributed by atoms with Gasteiger partial charge in [-0.2, -0.15) is 0 Å². The number of thiazole rings is 1. The van der Waals surface area contributed by atoms with Crippen LogP contribution in [0.2, 0.25) is 0 Å². The lowest BCUT2D eigenvalue weighted by atomic mass is 10.1. The molecule has 124 valence electrons. The summed E-state index contributed by atoms with van der Waals surface area (Å²) in [6.45, 7) is 2.11. The number of aryl methyl sites for hydroxylation is 1. The first-order valence-corrected chi connectivity index (χ1v) is 8.31. The second-order valence-electron chi connectivity index (χ2n) is 5.27. The number of carbonyl (C=O) groups is 1. The van der Waals surface area contributed by atoms with E-state index in [0.29, 0.717) is 17.2 Å². The molecule has 1 aromatic carbocycles. The molecule has 6 heteroatoms. The Morgan fingerprint density at radius 3 is 2.96 bits per heavy atom. The Morgan fingerprint density at radius 1 is 1.33 bits per heavy atom. The third-order valence-electron chi connectivity index (χ3n) is 3.44. The Kier molecular flexibility index (Phi) is 4.96. The van der Waals surface area contributed by atoms with Gasteiger partial charge in [0.1, 0.15) is 12.4 Å². The van der Waals surface area contributed by atoms with E-state index in [4.69, 9.17) is 13.9 Å². The van der Waals surface area contributed by atoms with Crippen molar-refractivity contribution in [3.8, 4) is 16.5 Å². The highest BCUT2D eigenvalue weighted by Gasteiger charge is 2.12. The molecule has 0 N–H and O–H groups in total. The van der Waals surface area contributed by atoms with Gasteiger partial charge in [0.2, 0.25) is 0 Å². The van der Waals surface area contributed by atoms with Crippen LogP contribution in [-0.2, 0) is 22.6 Å². The summed E-state index contributed by atoms with van der Waals surface area (Å²) in [5.41, 5.74) is 2.59. The number of esters is 1. The van der Waals surface area contributed by atoms with Crippen molar-refractivity contribution in [2.75, 3.05) is 7.11 Å². The van der Waals surface area contributed by atoms with Gasteiger partial charge in [0.05, 0.1) is 25.5 Å². The van der Waals surface area contributed by atoms with Crippen LogP contribution in [0.15, 0.2) is 46.4 Å². The average molecular weight is 343 g/mol. The standard InChI is InChI=1S/C18H17NO4S/c1-12-5-6-15(21-2)13(8-12)9-17(20)23-10-14-11-24-18(19-14)16-4-3-7-22-16/h3-8,11H,9-10H2,1-2H3. The maximum Gasteiger partial charge on any atom is 0.310 e. The lowest BCUT2D eigenvalue weighted by molar-refractivity contribution is -0.144. The highest BCUT2D eigenvalue weighted by Crippen LogP contribution is 2.24. The van der Waals surface area contributed by atoms with Crippen molar-refractivity contribution in [3.63, 3.8) is 0 Å². The van der Waals surface area contributed by atoms with Crippen molar-refractivity contribution < 1.29 is 18.7 Å². The van der Waals surface area contributed by atoms with Crippen molar-refractivity contribution in [1.82, 2.24) is 4.98 Å². The molecule has 0 spiro atoms. The average Bonchev–Trinajstić information content (AvgIpc) is 3.24. The maximum atomic E-state index is 12.1. The van der Waals surface area contributed by atoms with Gasteiger partial charge in [0.15, 0.2) is 10.8 Å². The summed E-state index contributed by atoms with van der Waals surface area (Å²) < 4.78 is 15.9. The fourth-order valence-electron chi connectivity index (χ4n) is 2.29. The van der Waals surface area contributed by atoms with Gasteiger partial charge in [-0.3, -0.25) is 4.79 Å². The molecule has 5 nitrogen and oxygen atoms in total. The zero-order chi connectivity index (χ0) is 16.9. The molecule has 2 heterocycles. The van der Waals surface area contributed by atoms with Crippen molar-refractivity contribution in [2.24, 2.45) is 0 Å². The van der Waals surface area contributed by atoms with E-state index in [1.165, 1.54) is 11.3 Å². The molecule has 3 rings (SSSR count). The van der Waals surface area contributed by atoms with E-state index in [1.54, 1.807) is 13.4 Å². The van der Waals surface area contributed by atoms with Crippen LogP contribution in [0.25, 0.3) is 10.8 Å². The number of furan rings is 1. The molecule has 0 unspecified atom stereocenters. The minimum absolute atomic E-state index is 0.143. The Hall–Kier alpha value is -2.60. The zero-order valence-electron chi connectivity index (χ0n) is 13.4. The summed E-state index contributed by atoms with van der Waals surface area (Å²) in [7, 11) is 1.59. The summed E-state index contributed by atoms with van der Waals surface area (Å²) in [5, 5.41) is 2.63. The van der Waals surface area contributed by atoms with Crippen LogP contribution in [0, 0.1) is 6.92 Å². The summed E-state index contributed by atoms with van der Waals surface area (Å²) >= 11 is 1.45. The first kappa shape index (κ1) is 16.3. The Bertz CT molecular complexity index is 823. The van der Waals surface area contributed by atoms with Crippen LogP contribution >= 0.6 is 11.3 Å². The molecular formula is C18H17NO4S. The van der Waals surface area contributed by atoms with Crippen LogP contribution < -0.4 is 4.74 Å². The van der Waals surface area contributed by atoms with E-state index in [2.05, 4.69) is 4.98 Å². The summed E-state index contributed by atoms with van der Waals surface area (Å²) in [5.74, 6) is 1.08. The number of aromatic nitrogens is 1. The number of hydrogen-bond donors (Lipinski definition) is 0. The first-order valence-electron chi connectivity index (χ1n) is 7.43. The number of ether oxygens (including phenoxy) is 2. The molecule has 24 heavy (non-hydrogen) atoms. The second kappa shape index (κ2) is 7.31. The zero-order valence-corrected chi connectivity index (χ0v) is 14.3. The predicted molar refractivity (Wildman–Crippen MR) is 91.0 cm³/mol. The monoisotopic (exact) mass is 343 g/mol. The van der Waals surface area contributed by atoms with Gasteiger partial charge in [-0.25, -0.2) is 4.98 Å². The fourth-order valence-corrected chi connectivity index (χ4v) is 3.06. The highest BCUT2D eigenvalue weighted by atomic mass is 32.1.